The minimum absolute atomic E-state index is 0.154. The summed E-state index contributed by atoms with van der Waals surface area (Å²) in [6, 6.07) is 1.86. The zero-order valence-electron chi connectivity index (χ0n) is 10.6. The Morgan fingerprint density at radius 3 is 2.83 bits per heavy atom. The van der Waals surface area contributed by atoms with E-state index in [1.54, 1.807) is 9.80 Å². The molecular weight excluding hydrogens is 234 g/mol. The molecule has 1 rings (SSSR count). The number of carbonyl (C=O) groups excluding carboxylic acids is 1. The first kappa shape index (κ1) is 14.3. The van der Waals surface area contributed by atoms with Gasteiger partial charge in [0.1, 0.15) is 0 Å². The highest BCUT2D eigenvalue weighted by Gasteiger charge is 2.29. The topological polar surface area (TPSA) is 84.6 Å². The van der Waals surface area contributed by atoms with Crippen molar-refractivity contribution >= 4 is 12.0 Å². The standard InChI is InChI=1S/C12H19N3O3/c1-2-14(8-4-6-13)12(18)15-7-3-5-10(9-15)11(16)17/h10H,2-5,7-9H2,1H3,(H,16,17)/t10-/m0/s1. The van der Waals surface area contributed by atoms with E-state index in [1.165, 1.54) is 0 Å². The number of rotatable bonds is 4. The lowest BCUT2D eigenvalue weighted by Gasteiger charge is -2.34. The number of aliphatic carboxylic acids is 1. The van der Waals surface area contributed by atoms with Gasteiger partial charge in [-0.25, -0.2) is 4.79 Å². The second-order valence-electron chi connectivity index (χ2n) is 4.39. The van der Waals surface area contributed by atoms with Crippen LogP contribution in [0.5, 0.6) is 0 Å². The Morgan fingerprint density at radius 2 is 2.28 bits per heavy atom. The van der Waals surface area contributed by atoms with E-state index in [-0.39, 0.29) is 12.6 Å². The van der Waals surface area contributed by atoms with Crippen LogP contribution in [0.2, 0.25) is 0 Å². The Balaban J connectivity index is 2.59. The molecule has 0 aromatic heterocycles. The molecule has 6 nitrogen and oxygen atoms in total. The normalized spacial score (nSPS) is 19.1. The molecule has 2 amide bonds. The van der Waals surface area contributed by atoms with E-state index in [0.29, 0.717) is 32.5 Å². The van der Waals surface area contributed by atoms with Crippen molar-refractivity contribution in [2.45, 2.75) is 26.2 Å². The molecule has 0 radical (unpaired) electrons. The number of nitrogens with zero attached hydrogens (tertiary/aromatic N) is 3. The number of nitriles is 1. The first-order valence-electron chi connectivity index (χ1n) is 6.23. The van der Waals surface area contributed by atoms with Crippen molar-refractivity contribution in [3.05, 3.63) is 0 Å². The first-order valence-corrected chi connectivity index (χ1v) is 6.23. The summed E-state index contributed by atoms with van der Waals surface area (Å²) in [5.41, 5.74) is 0. The molecule has 0 aromatic rings. The minimum atomic E-state index is -0.840. The van der Waals surface area contributed by atoms with Gasteiger partial charge in [-0.15, -0.1) is 0 Å². The number of amides is 2. The van der Waals surface area contributed by atoms with Gasteiger partial charge in [0.2, 0.25) is 0 Å². The summed E-state index contributed by atoms with van der Waals surface area (Å²) in [6.45, 7) is 3.67. The Bertz CT molecular complexity index is 351. The van der Waals surface area contributed by atoms with Gasteiger partial charge in [0.05, 0.1) is 18.4 Å². The zero-order valence-corrected chi connectivity index (χ0v) is 10.6. The highest BCUT2D eigenvalue weighted by molar-refractivity contribution is 5.76. The summed E-state index contributed by atoms with van der Waals surface area (Å²) >= 11 is 0. The van der Waals surface area contributed by atoms with Gasteiger partial charge >= 0.3 is 12.0 Å². The Morgan fingerprint density at radius 1 is 1.56 bits per heavy atom. The third-order valence-electron chi connectivity index (χ3n) is 3.19. The highest BCUT2D eigenvalue weighted by Crippen LogP contribution is 2.18. The van der Waals surface area contributed by atoms with Gasteiger partial charge in [-0.3, -0.25) is 4.79 Å². The fourth-order valence-electron chi connectivity index (χ4n) is 2.13. The lowest BCUT2D eigenvalue weighted by Crippen LogP contribution is -2.49. The molecule has 1 atom stereocenters. The van der Waals surface area contributed by atoms with Crippen molar-refractivity contribution in [2.75, 3.05) is 26.2 Å². The second kappa shape index (κ2) is 6.84. The molecule has 1 aliphatic heterocycles. The molecule has 1 fully saturated rings. The van der Waals surface area contributed by atoms with E-state index in [9.17, 15) is 9.59 Å². The van der Waals surface area contributed by atoms with Gasteiger partial charge in [0.25, 0.3) is 0 Å². The maximum atomic E-state index is 12.2. The van der Waals surface area contributed by atoms with Gasteiger partial charge in [-0.2, -0.15) is 5.26 Å². The van der Waals surface area contributed by atoms with E-state index in [2.05, 4.69) is 0 Å². The number of piperidine rings is 1. The van der Waals surface area contributed by atoms with Crippen LogP contribution in [-0.4, -0.2) is 53.1 Å². The lowest BCUT2D eigenvalue weighted by molar-refractivity contribution is -0.143. The summed E-state index contributed by atoms with van der Waals surface area (Å²) in [4.78, 5) is 26.3. The number of urea groups is 1. The highest BCUT2D eigenvalue weighted by atomic mass is 16.4. The number of carboxylic acid groups (broad SMARTS) is 1. The molecule has 0 aromatic carbocycles. The van der Waals surface area contributed by atoms with E-state index in [0.717, 1.165) is 6.42 Å². The summed E-state index contributed by atoms with van der Waals surface area (Å²) < 4.78 is 0. The Labute approximate surface area is 107 Å². The van der Waals surface area contributed by atoms with Crippen LogP contribution in [0, 0.1) is 17.2 Å². The van der Waals surface area contributed by atoms with Gasteiger partial charge < -0.3 is 14.9 Å². The van der Waals surface area contributed by atoms with Crippen molar-refractivity contribution in [3.8, 4) is 6.07 Å². The molecular formula is C12H19N3O3. The number of hydrogen-bond acceptors (Lipinski definition) is 3. The molecule has 0 bridgehead atoms. The molecule has 0 saturated carbocycles. The lowest BCUT2D eigenvalue weighted by atomic mass is 9.99. The van der Waals surface area contributed by atoms with Crippen molar-refractivity contribution in [1.82, 2.24) is 9.80 Å². The molecule has 1 saturated heterocycles. The second-order valence-corrected chi connectivity index (χ2v) is 4.39. The number of likely N-dealkylation sites (tertiary alicyclic amines) is 1. The average molecular weight is 253 g/mol. The van der Waals surface area contributed by atoms with Gasteiger partial charge in [0, 0.05) is 26.2 Å². The summed E-state index contributed by atoms with van der Waals surface area (Å²) in [5.74, 6) is -1.30. The van der Waals surface area contributed by atoms with Gasteiger partial charge in [0.15, 0.2) is 0 Å². The van der Waals surface area contributed by atoms with Crippen molar-refractivity contribution < 1.29 is 14.7 Å². The zero-order chi connectivity index (χ0) is 13.5. The predicted molar refractivity (Wildman–Crippen MR) is 64.8 cm³/mol. The van der Waals surface area contributed by atoms with Crippen LogP contribution in [-0.2, 0) is 4.79 Å². The van der Waals surface area contributed by atoms with Crippen molar-refractivity contribution in [3.63, 3.8) is 0 Å². The van der Waals surface area contributed by atoms with Crippen LogP contribution < -0.4 is 0 Å². The van der Waals surface area contributed by atoms with Crippen LogP contribution >= 0.6 is 0 Å². The Hall–Kier alpha value is -1.77. The summed E-state index contributed by atoms with van der Waals surface area (Å²) in [5, 5.41) is 17.5. The molecule has 1 N–H and O–H groups in total. The smallest absolute Gasteiger partial charge is 0.320 e. The third kappa shape index (κ3) is 3.62. The van der Waals surface area contributed by atoms with Crippen LogP contribution in [0.25, 0.3) is 0 Å². The number of carbonyl (C=O) groups is 2. The summed E-state index contributed by atoms with van der Waals surface area (Å²) in [7, 11) is 0. The molecule has 0 spiro atoms. The van der Waals surface area contributed by atoms with Crippen LogP contribution in [0.4, 0.5) is 4.79 Å². The monoisotopic (exact) mass is 253 g/mol. The van der Waals surface area contributed by atoms with Crippen LogP contribution in [0.1, 0.15) is 26.2 Å². The molecule has 18 heavy (non-hydrogen) atoms. The molecule has 6 heteroatoms. The predicted octanol–water partition coefficient (Wildman–Crippen LogP) is 1.14. The first-order chi connectivity index (χ1) is 8.60. The summed E-state index contributed by atoms with van der Waals surface area (Å²) in [6.07, 6.45) is 1.65. The van der Waals surface area contributed by atoms with E-state index in [4.69, 9.17) is 10.4 Å². The molecule has 1 aliphatic rings. The fourth-order valence-corrected chi connectivity index (χ4v) is 2.13. The van der Waals surface area contributed by atoms with Crippen LogP contribution in [0.15, 0.2) is 0 Å². The molecule has 100 valence electrons. The maximum Gasteiger partial charge on any atom is 0.320 e. The van der Waals surface area contributed by atoms with E-state index >= 15 is 0 Å². The molecule has 0 unspecified atom stereocenters. The fraction of sp³-hybridized carbons (Fsp3) is 0.750. The molecule has 0 aliphatic carbocycles. The van der Waals surface area contributed by atoms with Crippen molar-refractivity contribution in [1.29, 1.82) is 5.26 Å². The van der Waals surface area contributed by atoms with E-state index < -0.39 is 11.9 Å². The third-order valence-corrected chi connectivity index (χ3v) is 3.19. The average Bonchev–Trinajstić information content (AvgIpc) is 2.39. The SMILES string of the molecule is CCN(CCC#N)C(=O)N1CCC[C@H](C(=O)O)C1. The largest absolute Gasteiger partial charge is 0.481 e. The maximum absolute atomic E-state index is 12.2. The number of carboxylic acids is 1. The number of hydrogen-bond donors (Lipinski definition) is 1. The van der Waals surface area contributed by atoms with Crippen LogP contribution in [0.3, 0.4) is 0 Å². The van der Waals surface area contributed by atoms with E-state index in [1.807, 2.05) is 13.0 Å². The quantitative estimate of drug-likeness (QED) is 0.814. The van der Waals surface area contributed by atoms with Gasteiger partial charge in [-0.1, -0.05) is 0 Å². The van der Waals surface area contributed by atoms with Gasteiger partial charge in [-0.05, 0) is 19.8 Å². The molecule has 1 heterocycles. The van der Waals surface area contributed by atoms with Crippen molar-refractivity contribution in [2.24, 2.45) is 5.92 Å². The minimum Gasteiger partial charge on any atom is -0.481 e. The Kier molecular flexibility index (Phi) is 5.43.